The Morgan fingerprint density at radius 2 is 2.00 bits per heavy atom. The first-order valence-corrected chi connectivity index (χ1v) is 9.26. The van der Waals surface area contributed by atoms with Crippen LogP contribution < -0.4 is 14.8 Å². The molecular formula is C17H25N3O2S. The third kappa shape index (κ3) is 4.89. The van der Waals surface area contributed by atoms with Gasteiger partial charge < -0.3 is 14.8 Å². The molecule has 2 aromatic rings. The molecule has 0 saturated carbocycles. The first kappa shape index (κ1) is 17.7. The van der Waals surface area contributed by atoms with Gasteiger partial charge in [-0.05, 0) is 44.8 Å². The number of aromatic nitrogens is 2. The molecule has 126 valence electrons. The Balaban J connectivity index is 2.21. The molecule has 0 aliphatic rings. The lowest BCUT2D eigenvalue weighted by atomic mass is 10.2. The molecule has 0 atom stereocenters. The predicted molar refractivity (Wildman–Crippen MR) is 98.0 cm³/mol. The molecular weight excluding hydrogens is 310 g/mol. The van der Waals surface area contributed by atoms with Crippen molar-refractivity contribution in [1.29, 1.82) is 0 Å². The Morgan fingerprint density at radius 1 is 1.17 bits per heavy atom. The maximum Gasteiger partial charge on any atom is 0.163 e. The average Bonchev–Trinajstić information content (AvgIpc) is 2.53. The van der Waals surface area contributed by atoms with Gasteiger partial charge in [0.05, 0.1) is 19.2 Å². The van der Waals surface area contributed by atoms with Crippen molar-refractivity contribution in [3.05, 3.63) is 18.5 Å². The molecule has 0 fully saturated rings. The summed E-state index contributed by atoms with van der Waals surface area (Å²) < 4.78 is 11.4. The summed E-state index contributed by atoms with van der Waals surface area (Å²) in [5, 5.41) is 4.27. The van der Waals surface area contributed by atoms with Crippen LogP contribution in [0.25, 0.3) is 10.9 Å². The van der Waals surface area contributed by atoms with Gasteiger partial charge in [-0.25, -0.2) is 9.97 Å². The van der Waals surface area contributed by atoms with Crippen LogP contribution in [0.2, 0.25) is 0 Å². The summed E-state index contributed by atoms with van der Waals surface area (Å²) in [7, 11) is 1.65. The summed E-state index contributed by atoms with van der Waals surface area (Å²) in [6.45, 7) is 4.85. The van der Waals surface area contributed by atoms with Crippen LogP contribution in [0.3, 0.4) is 0 Å². The number of rotatable bonds is 9. The molecule has 0 saturated heterocycles. The molecule has 0 radical (unpaired) electrons. The van der Waals surface area contributed by atoms with Crippen molar-refractivity contribution in [1.82, 2.24) is 9.97 Å². The monoisotopic (exact) mass is 335 g/mol. The van der Waals surface area contributed by atoms with Gasteiger partial charge in [-0.2, -0.15) is 11.8 Å². The number of hydrogen-bond donors (Lipinski definition) is 1. The van der Waals surface area contributed by atoms with E-state index in [2.05, 4.69) is 35.4 Å². The number of methoxy groups -OCH3 is 1. The van der Waals surface area contributed by atoms with Gasteiger partial charge in [0.15, 0.2) is 11.5 Å². The van der Waals surface area contributed by atoms with E-state index < -0.39 is 0 Å². The Morgan fingerprint density at radius 3 is 2.70 bits per heavy atom. The summed E-state index contributed by atoms with van der Waals surface area (Å²) >= 11 is 1.86. The Kier molecular flexibility index (Phi) is 6.77. The quantitative estimate of drug-likeness (QED) is 0.700. The normalized spacial score (nSPS) is 11.0. The van der Waals surface area contributed by atoms with Gasteiger partial charge in [-0.3, -0.25) is 0 Å². The van der Waals surface area contributed by atoms with E-state index >= 15 is 0 Å². The maximum atomic E-state index is 5.89. The molecule has 0 bridgehead atoms. The van der Waals surface area contributed by atoms with Crippen molar-refractivity contribution >= 4 is 28.5 Å². The van der Waals surface area contributed by atoms with Gasteiger partial charge in [0.1, 0.15) is 12.1 Å². The molecule has 2 rings (SSSR count). The number of nitrogens with one attached hydrogen (secondary N) is 1. The maximum absolute atomic E-state index is 5.89. The van der Waals surface area contributed by atoms with Crippen LogP contribution in [-0.2, 0) is 0 Å². The van der Waals surface area contributed by atoms with Gasteiger partial charge in [-0.15, -0.1) is 0 Å². The minimum absolute atomic E-state index is 0.298. The lowest BCUT2D eigenvalue weighted by Gasteiger charge is -2.14. The SMILES string of the molecule is COc1cc2c(NC(C)C)ncnc2cc1OCCCCSC. The molecule has 6 heteroatoms. The van der Waals surface area contributed by atoms with E-state index in [1.54, 1.807) is 13.4 Å². The van der Waals surface area contributed by atoms with E-state index in [0.29, 0.717) is 18.4 Å². The first-order chi connectivity index (χ1) is 11.2. The molecule has 0 unspecified atom stereocenters. The highest BCUT2D eigenvalue weighted by Gasteiger charge is 2.12. The predicted octanol–water partition coefficient (Wildman–Crippen LogP) is 3.98. The lowest BCUT2D eigenvalue weighted by molar-refractivity contribution is 0.289. The van der Waals surface area contributed by atoms with Crippen molar-refractivity contribution in [2.45, 2.75) is 32.7 Å². The van der Waals surface area contributed by atoms with Crippen molar-refractivity contribution in [2.75, 3.05) is 31.0 Å². The minimum Gasteiger partial charge on any atom is -0.493 e. The Labute approximate surface area is 142 Å². The smallest absolute Gasteiger partial charge is 0.163 e. The lowest BCUT2D eigenvalue weighted by Crippen LogP contribution is -2.11. The van der Waals surface area contributed by atoms with Crippen molar-refractivity contribution in [2.24, 2.45) is 0 Å². The van der Waals surface area contributed by atoms with Crippen LogP contribution in [0.4, 0.5) is 5.82 Å². The second kappa shape index (κ2) is 8.82. The fraction of sp³-hybridized carbons (Fsp3) is 0.529. The third-order valence-electron chi connectivity index (χ3n) is 3.35. The number of ether oxygens (including phenoxy) is 2. The minimum atomic E-state index is 0.298. The second-order valence-corrected chi connectivity index (χ2v) is 6.58. The number of thioether (sulfide) groups is 1. The van der Waals surface area contributed by atoms with Crippen molar-refractivity contribution in [3.8, 4) is 11.5 Å². The fourth-order valence-corrected chi connectivity index (χ4v) is 2.75. The van der Waals surface area contributed by atoms with Crippen LogP contribution in [0, 0.1) is 0 Å². The number of nitrogens with zero attached hydrogens (tertiary/aromatic N) is 2. The van der Waals surface area contributed by atoms with E-state index in [9.17, 15) is 0 Å². The highest BCUT2D eigenvalue weighted by Crippen LogP contribution is 2.34. The highest BCUT2D eigenvalue weighted by atomic mass is 32.2. The number of hydrogen-bond acceptors (Lipinski definition) is 6. The number of benzene rings is 1. The first-order valence-electron chi connectivity index (χ1n) is 7.86. The van der Waals surface area contributed by atoms with E-state index in [-0.39, 0.29) is 0 Å². The topological polar surface area (TPSA) is 56.3 Å². The van der Waals surface area contributed by atoms with Crippen molar-refractivity contribution in [3.63, 3.8) is 0 Å². The van der Waals surface area contributed by atoms with E-state index in [1.165, 1.54) is 0 Å². The number of fused-ring (bicyclic) bond motifs is 1. The summed E-state index contributed by atoms with van der Waals surface area (Å²) in [5.41, 5.74) is 0.850. The highest BCUT2D eigenvalue weighted by molar-refractivity contribution is 7.98. The molecule has 1 aromatic heterocycles. The molecule has 1 aromatic carbocycles. The molecule has 0 aliphatic heterocycles. The summed E-state index contributed by atoms with van der Waals surface area (Å²) in [6.07, 6.45) is 5.88. The van der Waals surface area contributed by atoms with Crippen LogP contribution in [0.5, 0.6) is 11.5 Å². The van der Waals surface area contributed by atoms with E-state index in [4.69, 9.17) is 9.47 Å². The van der Waals surface area contributed by atoms with E-state index in [0.717, 1.165) is 41.1 Å². The zero-order chi connectivity index (χ0) is 16.7. The van der Waals surface area contributed by atoms with Gasteiger partial charge >= 0.3 is 0 Å². The zero-order valence-corrected chi connectivity index (χ0v) is 15.1. The van der Waals surface area contributed by atoms with Gasteiger partial charge in [-0.1, -0.05) is 0 Å². The molecule has 1 N–H and O–H groups in total. The molecule has 0 amide bonds. The largest absolute Gasteiger partial charge is 0.493 e. The van der Waals surface area contributed by atoms with Crippen LogP contribution >= 0.6 is 11.8 Å². The van der Waals surface area contributed by atoms with Crippen LogP contribution in [0.1, 0.15) is 26.7 Å². The molecule has 0 aliphatic carbocycles. The summed E-state index contributed by atoms with van der Waals surface area (Å²) in [5.74, 6) is 3.42. The average molecular weight is 335 g/mol. The number of unbranched alkanes of at least 4 members (excludes halogenated alkanes) is 1. The third-order valence-corrected chi connectivity index (χ3v) is 4.04. The molecule has 5 nitrogen and oxygen atoms in total. The Hall–Kier alpha value is -1.69. The molecule has 1 heterocycles. The zero-order valence-electron chi connectivity index (χ0n) is 14.3. The van der Waals surface area contributed by atoms with Gasteiger partial charge in [0.25, 0.3) is 0 Å². The molecule has 23 heavy (non-hydrogen) atoms. The van der Waals surface area contributed by atoms with E-state index in [1.807, 2.05) is 23.9 Å². The van der Waals surface area contributed by atoms with Gasteiger partial charge in [0.2, 0.25) is 0 Å². The summed E-state index contributed by atoms with van der Waals surface area (Å²) in [6, 6.07) is 4.17. The standard InChI is InChI=1S/C17H25N3O2S/c1-12(2)20-17-13-9-15(21-3)16(10-14(13)18-11-19-17)22-7-5-6-8-23-4/h9-12H,5-8H2,1-4H3,(H,18,19,20). The van der Waals surface area contributed by atoms with Gasteiger partial charge in [0, 0.05) is 17.5 Å². The number of anilines is 1. The fourth-order valence-electron chi connectivity index (χ4n) is 2.26. The second-order valence-electron chi connectivity index (χ2n) is 5.59. The van der Waals surface area contributed by atoms with Crippen LogP contribution in [0.15, 0.2) is 18.5 Å². The molecule has 0 spiro atoms. The Bertz CT molecular complexity index is 635. The summed E-state index contributed by atoms with van der Waals surface area (Å²) in [4.78, 5) is 8.68. The van der Waals surface area contributed by atoms with Crippen LogP contribution in [-0.4, -0.2) is 41.7 Å². The van der Waals surface area contributed by atoms with Crippen molar-refractivity contribution < 1.29 is 9.47 Å².